The second-order valence-electron chi connectivity index (χ2n) is 5.79. The van der Waals surface area contributed by atoms with E-state index in [1.54, 1.807) is 18.5 Å². The molecule has 4 N–H and O–H groups in total. The minimum absolute atomic E-state index is 0.0985. The van der Waals surface area contributed by atoms with Gasteiger partial charge >= 0.3 is 0 Å². The van der Waals surface area contributed by atoms with E-state index in [2.05, 4.69) is 10.3 Å². The Hall–Kier alpha value is -2.70. The Balaban J connectivity index is 1.92. The van der Waals surface area contributed by atoms with Crippen LogP contribution in [0.1, 0.15) is 28.8 Å². The Labute approximate surface area is 150 Å². The van der Waals surface area contributed by atoms with E-state index in [1.165, 1.54) is 11.3 Å². The van der Waals surface area contributed by atoms with E-state index in [9.17, 15) is 9.90 Å². The van der Waals surface area contributed by atoms with E-state index in [4.69, 9.17) is 5.73 Å². The Kier molecular flexibility index (Phi) is 5.11. The van der Waals surface area contributed by atoms with Gasteiger partial charge in [-0.15, -0.1) is 11.3 Å². The largest absolute Gasteiger partial charge is 0.396 e. The molecule has 128 valence electrons. The SMILES string of the molecule is CC(CO)c1ccc(-c2cc(C(N)=O)c(Nc3cccnc3)s2)cc1. The number of amides is 1. The summed E-state index contributed by atoms with van der Waals surface area (Å²) in [4.78, 5) is 16.8. The smallest absolute Gasteiger partial charge is 0.251 e. The number of nitrogens with two attached hydrogens (primary N) is 1. The highest BCUT2D eigenvalue weighted by atomic mass is 32.1. The van der Waals surface area contributed by atoms with Crippen LogP contribution in [0.3, 0.4) is 0 Å². The highest BCUT2D eigenvalue weighted by Crippen LogP contribution is 2.37. The molecule has 0 saturated heterocycles. The second-order valence-corrected chi connectivity index (χ2v) is 6.84. The molecular weight excluding hydrogens is 334 g/mol. The van der Waals surface area contributed by atoms with Gasteiger partial charge in [-0.3, -0.25) is 9.78 Å². The Morgan fingerprint density at radius 2 is 2.08 bits per heavy atom. The standard InChI is InChI=1S/C19H19N3O2S/c1-12(11-23)13-4-6-14(7-5-13)17-9-16(18(20)24)19(25-17)22-15-3-2-8-21-10-15/h2-10,12,22-23H,11H2,1H3,(H2,20,24). The zero-order valence-electron chi connectivity index (χ0n) is 13.8. The molecule has 0 fully saturated rings. The van der Waals surface area contributed by atoms with Crippen LogP contribution in [0.5, 0.6) is 0 Å². The molecule has 0 aliphatic carbocycles. The average Bonchev–Trinajstić information content (AvgIpc) is 3.06. The molecule has 0 radical (unpaired) electrons. The molecule has 0 aliphatic heterocycles. The van der Waals surface area contributed by atoms with Gasteiger partial charge in [-0.05, 0) is 29.3 Å². The number of hydrogen-bond acceptors (Lipinski definition) is 5. The summed E-state index contributed by atoms with van der Waals surface area (Å²) in [7, 11) is 0. The molecule has 2 aromatic heterocycles. The normalized spacial score (nSPS) is 11.9. The maximum absolute atomic E-state index is 11.8. The van der Waals surface area contributed by atoms with E-state index >= 15 is 0 Å². The molecule has 0 saturated carbocycles. The Morgan fingerprint density at radius 1 is 1.32 bits per heavy atom. The van der Waals surface area contributed by atoms with Crippen LogP contribution in [0.15, 0.2) is 54.9 Å². The highest BCUT2D eigenvalue weighted by molar-refractivity contribution is 7.19. The number of anilines is 2. The third kappa shape index (κ3) is 3.87. The van der Waals surface area contributed by atoms with Gasteiger partial charge in [0.25, 0.3) is 5.91 Å². The van der Waals surface area contributed by atoms with Gasteiger partial charge in [0.1, 0.15) is 5.00 Å². The third-order valence-electron chi connectivity index (χ3n) is 3.96. The fourth-order valence-corrected chi connectivity index (χ4v) is 3.55. The number of primary amides is 1. The first kappa shape index (κ1) is 17.1. The van der Waals surface area contributed by atoms with Crippen molar-refractivity contribution in [2.45, 2.75) is 12.8 Å². The van der Waals surface area contributed by atoms with E-state index in [1.807, 2.05) is 43.3 Å². The first-order valence-electron chi connectivity index (χ1n) is 7.90. The van der Waals surface area contributed by atoms with Crippen LogP contribution in [-0.2, 0) is 0 Å². The lowest BCUT2D eigenvalue weighted by molar-refractivity contribution is 0.100. The summed E-state index contributed by atoms with van der Waals surface area (Å²) in [6.45, 7) is 2.09. The summed E-state index contributed by atoms with van der Waals surface area (Å²) in [5.41, 5.74) is 8.85. The summed E-state index contributed by atoms with van der Waals surface area (Å²) in [6, 6.07) is 13.5. The van der Waals surface area contributed by atoms with Crippen molar-refractivity contribution in [1.29, 1.82) is 0 Å². The van der Waals surface area contributed by atoms with E-state index in [0.717, 1.165) is 21.7 Å². The van der Waals surface area contributed by atoms with Gasteiger partial charge in [0.05, 0.1) is 17.4 Å². The fourth-order valence-electron chi connectivity index (χ4n) is 2.46. The van der Waals surface area contributed by atoms with Gasteiger partial charge in [-0.25, -0.2) is 0 Å². The number of hydrogen-bond donors (Lipinski definition) is 3. The number of aromatic nitrogens is 1. The molecule has 1 aromatic carbocycles. The number of thiophene rings is 1. The monoisotopic (exact) mass is 353 g/mol. The molecule has 2 heterocycles. The number of carbonyl (C=O) groups excluding carboxylic acids is 1. The van der Waals surface area contributed by atoms with Crippen LogP contribution in [0.4, 0.5) is 10.7 Å². The molecule has 0 aliphatic rings. The number of benzene rings is 1. The van der Waals surface area contributed by atoms with Gasteiger partial charge in [0.15, 0.2) is 0 Å². The van der Waals surface area contributed by atoms with Crippen LogP contribution in [-0.4, -0.2) is 22.6 Å². The van der Waals surface area contributed by atoms with E-state index in [-0.39, 0.29) is 12.5 Å². The summed E-state index contributed by atoms with van der Waals surface area (Å²) >= 11 is 1.47. The average molecular weight is 353 g/mol. The maximum atomic E-state index is 11.8. The van der Waals surface area contributed by atoms with Crippen LogP contribution in [0, 0.1) is 0 Å². The number of pyridine rings is 1. The van der Waals surface area contributed by atoms with Crippen LogP contribution in [0.2, 0.25) is 0 Å². The van der Waals surface area contributed by atoms with Crippen molar-refractivity contribution in [3.63, 3.8) is 0 Å². The molecule has 0 spiro atoms. The van der Waals surface area contributed by atoms with Crippen molar-refractivity contribution in [2.75, 3.05) is 11.9 Å². The zero-order chi connectivity index (χ0) is 17.8. The fraction of sp³-hybridized carbons (Fsp3) is 0.158. The molecular formula is C19H19N3O2S. The van der Waals surface area contributed by atoms with Crippen molar-refractivity contribution in [3.8, 4) is 10.4 Å². The van der Waals surface area contributed by atoms with Crippen LogP contribution in [0.25, 0.3) is 10.4 Å². The molecule has 6 heteroatoms. The molecule has 1 atom stereocenters. The minimum Gasteiger partial charge on any atom is -0.396 e. The van der Waals surface area contributed by atoms with Gasteiger partial charge in [0, 0.05) is 23.6 Å². The number of aliphatic hydroxyl groups is 1. The summed E-state index contributed by atoms with van der Waals surface area (Å²) in [6.07, 6.45) is 3.38. The molecule has 1 amide bonds. The molecule has 3 rings (SSSR count). The number of aliphatic hydroxyl groups excluding tert-OH is 1. The lowest BCUT2D eigenvalue weighted by atomic mass is 10.0. The van der Waals surface area contributed by atoms with Crippen molar-refractivity contribution >= 4 is 27.9 Å². The van der Waals surface area contributed by atoms with Gasteiger partial charge in [-0.2, -0.15) is 0 Å². The van der Waals surface area contributed by atoms with E-state index < -0.39 is 5.91 Å². The first-order chi connectivity index (χ1) is 12.1. The Bertz CT molecular complexity index is 860. The second kappa shape index (κ2) is 7.46. The Morgan fingerprint density at radius 3 is 2.68 bits per heavy atom. The van der Waals surface area contributed by atoms with Crippen molar-refractivity contribution < 1.29 is 9.90 Å². The molecule has 3 aromatic rings. The van der Waals surface area contributed by atoms with E-state index in [0.29, 0.717) is 10.6 Å². The molecule has 0 bridgehead atoms. The molecule has 1 unspecified atom stereocenters. The number of rotatable bonds is 6. The third-order valence-corrected chi connectivity index (χ3v) is 5.05. The highest BCUT2D eigenvalue weighted by Gasteiger charge is 2.15. The predicted molar refractivity (Wildman–Crippen MR) is 101 cm³/mol. The number of carbonyl (C=O) groups is 1. The van der Waals surface area contributed by atoms with Gasteiger partial charge in [-0.1, -0.05) is 31.2 Å². The maximum Gasteiger partial charge on any atom is 0.251 e. The van der Waals surface area contributed by atoms with Gasteiger partial charge in [0.2, 0.25) is 0 Å². The zero-order valence-corrected chi connectivity index (χ0v) is 14.6. The summed E-state index contributed by atoms with van der Waals surface area (Å²) < 4.78 is 0. The summed E-state index contributed by atoms with van der Waals surface area (Å²) in [5, 5.41) is 13.2. The predicted octanol–water partition coefficient (Wildman–Crippen LogP) is 3.75. The lowest BCUT2D eigenvalue weighted by Crippen LogP contribution is -2.11. The summed E-state index contributed by atoms with van der Waals surface area (Å²) in [5.74, 6) is -0.374. The number of nitrogens with zero attached hydrogens (tertiary/aromatic N) is 1. The lowest BCUT2D eigenvalue weighted by Gasteiger charge is -2.08. The van der Waals surface area contributed by atoms with Crippen molar-refractivity contribution in [1.82, 2.24) is 4.98 Å². The van der Waals surface area contributed by atoms with Gasteiger partial charge < -0.3 is 16.2 Å². The van der Waals surface area contributed by atoms with Crippen LogP contribution < -0.4 is 11.1 Å². The first-order valence-corrected chi connectivity index (χ1v) is 8.72. The molecule has 25 heavy (non-hydrogen) atoms. The van der Waals surface area contributed by atoms with Crippen molar-refractivity contribution in [3.05, 3.63) is 66.0 Å². The van der Waals surface area contributed by atoms with Crippen LogP contribution >= 0.6 is 11.3 Å². The van der Waals surface area contributed by atoms with Crippen molar-refractivity contribution in [2.24, 2.45) is 5.73 Å². The molecule has 5 nitrogen and oxygen atoms in total. The quantitative estimate of drug-likeness (QED) is 0.630. The topological polar surface area (TPSA) is 88.2 Å². The number of nitrogens with one attached hydrogen (secondary N) is 1. The minimum atomic E-state index is -0.473.